The molecule has 0 unspecified atom stereocenters. The van der Waals surface area contributed by atoms with Crippen LogP contribution in [0.15, 0.2) is 0 Å². The van der Waals surface area contributed by atoms with Gasteiger partial charge in [-0.25, -0.2) is 0 Å². The van der Waals surface area contributed by atoms with Crippen molar-refractivity contribution < 1.29 is 0 Å². The molecule has 1 heteroatoms. The summed E-state index contributed by atoms with van der Waals surface area (Å²) in [4.78, 5) is 0. The molecule has 19 heavy (non-hydrogen) atoms. The molecule has 1 N–H and O–H groups in total. The van der Waals surface area contributed by atoms with Crippen molar-refractivity contribution in [1.82, 2.24) is 5.32 Å². The summed E-state index contributed by atoms with van der Waals surface area (Å²) in [5, 5.41) is 3.50. The van der Waals surface area contributed by atoms with Crippen LogP contribution < -0.4 is 5.32 Å². The molecule has 0 aromatic heterocycles. The van der Waals surface area contributed by atoms with Gasteiger partial charge in [0.25, 0.3) is 0 Å². The average molecular weight is 265 g/mol. The molecule has 0 radical (unpaired) electrons. The largest absolute Gasteiger partial charge is 0.317 e. The summed E-state index contributed by atoms with van der Waals surface area (Å²) in [5.41, 5.74) is 0. The molecule has 0 aromatic carbocycles. The molecule has 0 rings (SSSR count). The minimum absolute atomic E-state index is 0.930. The maximum Gasteiger partial charge on any atom is 0.00865 e. The van der Waals surface area contributed by atoms with E-state index in [1.54, 1.807) is 0 Å². The van der Waals surface area contributed by atoms with E-state index in [4.69, 9.17) is 6.42 Å². The van der Waals surface area contributed by atoms with E-state index in [0.29, 0.717) is 0 Å². The fraction of sp³-hybridized carbons (Fsp3) is 0.889. The smallest absolute Gasteiger partial charge is 0.00865 e. The zero-order chi connectivity index (χ0) is 14.0. The molecule has 0 amide bonds. The second-order valence-electron chi connectivity index (χ2n) is 5.59. The Morgan fingerprint density at radius 2 is 1.16 bits per heavy atom. The molecule has 0 saturated carbocycles. The second-order valence-corrected chi connectivity index (χ2v) is 5.59. The summed E-state index contributed by atoms with van der Waals surface area (Å²) in [7, 11) is 0. The normalized spacial score (nSPS) is 10.5. The van der Waals surface area contributed by atoms with Gasteiger partial charge in [0.1, 0.15) is 0 Å². The second kappa shape index (κ2) is 17.5. The molecule has 0 atom stereocenters. The summed E-state index contributed by atoms with van der Waals surface area (Å²) in [6.45, 7) is 4.61. The predicted molar refractivity (Wildman–Crippen MR) is 87.4 cm³/mol. The monoisotopic (exact) mass is 265 g/mol. The minimum Gasteiger partial charge on any atom is -0.317 e. The molecule has 112 valence electrons. The van der Waals surface area contributed by atoms with Crippen molar-refractivity contribution in [3.05, 3.63) is 0 Å². The fourth-order valence-electron chi connectivity index (χ4n) is 2.34. The third-order valence-electron chi connectivity index (χ3n) is 3.63. The maximum atomic E-state index is 5.21. The first-order valence-electron chi connectivity index (χ1n) is 8.56. The van der Waals surface area contributed by atoms with E-state index < -0.39 is 0 Å². The van der Waals surface area contributed by atoms with Crippen molar-refractivity contribution in [2.45, 2.75) is 90.4 Å². The summed E-state index contributed by atoms with van der Waals surface area (Å²) in [5.74, 6) is 2.69. The lowest BCUT2D eigenvalue weighted by atomic mass is 10.1. The van der Waals surface area contributed by atoms with Crippen LogP contribution >= 0.6 is 0 Å². The third-order valence-corrected chi connectivity index (χ3v) is 3.63. The van der Waals surface area contributed by atoms with Gasteiger partial charge in [-0.05, 0) is 32.4 Å². The van der Waals surface area contributed by atoms with Crippen molar-refractivity contribution in [3.8, 4) is 12.3 Å². The number of rotatable bonds is 15. The summed E-state index contributed by atoms with van der Waals surface area (Å²) in [6.07, 6.45) is 22.7. The molecular weight excluding hydrogens is 230 g/mol. The van der Waals surface area contributed by atoms with Gasteiger partial charge in [0.15, 0.2) is 0 Å². The van der Waals surface area contributed by atoms with E-state index >= 15 is 0 Å². The lowest BCUT2D eigenvalue weighted by Gasteiger charge is -2.04. The van der Waals surface area contributed by atoms with Gasteiger partial charge >= 0.3 is 0 Å². The third kappa shape index (κ3) is 17.5. The lowest BCUT2D eigenvalue weighted by molar-refractivity contribution is 0.539. The predicted octanol–water partition coefficient (Wildman–Crippen LogP) is 5.30. The molecular formula is C18H35N. The van der Waals surface area contributed by atoms with Gasteiger partial charge < -0.3 is 5.32 Å². The van der Waals surface area contributed by atoms with Gasteiger partial charge in [-0.3, -0.25) is 0 Å². The number of nitrogens with one attached hydrogen (secondary N) is 1. The van der Waals surface area contributed by atoms with E-state index in [9.17, 15) is 0 Å². The molecule has 0 spiro atoms. The Kier molecular flexibility index (Phi) is 17.1. The van der Waals surface area contributed by atoms with Crippen molar-refractivity contribution in [2.75, 3.05) is 13.1 Å². The highest BCUT2D eigenvalue weighted by molar-refractivity contribution is 4.82. The average Bonchev–Trinajstić information content (AvgIpc) is 2.43. The minimum atomic E-state index is 0.930. The highest BCUT2D eigenvalue weighted by atomic mass is 14.8. The van der Waals surface area contributed by atoms with Gasteiger partial charge in [-0.1, -0.05) is 64.7 Å². The van der Waals surface area contributed by atoms with E-state index in [1.807, 2.05) is 0 Å². The van der Waals surface area contributed by atoms with Crippen LogP contribution in [-0.4, -0.2) is 13.1 Å². The van der Waals surface area contributed by atoms with Crippen molar-refractivity contribution >= 4 is 0 Å². The first-order chi connectivity index (χ1) is 9.41. The molecule has 0 heterocycles. The topological polar surface area (TPSA) is 12.0 Å². The quantitative estimate of drug-likeness (QED) is 0.313. The fourth-order valence-corrected chi connectivity index (χ4v) is 2.34. The Morgan fingerprint density at radius 3 is 1.68 bits per heavy atom. The van der Waals surface area contributed by atoms with E-state index in [-0.39, 0.29) is 0 Å². The van der Waals surface area contributed by atoms with Crippen LogP contribution in [0.3, 0.4) is 0 Å². The molecule has 0 aliphatic heterocycles. The van der Waals surface area contributed by atoms with E-state index in [1.165, 1.54) is 83.6 Å². The van der Waals surface area contributed by atoms with Crippen LogP contribution in [0.25, 0.3) is 0 Å². The van der Waals surface area contributed by atoms with Crippen LogP contribution in [0.1, 0.15) is 90.4 Å². The summed E-state index contributed by atoms with van der Waals surface area (Å²) < 4.78 is 0. The number of hydrogen-bond donors (Lipinski definition) is 1. The molecule has 0 aliphatic carbocycles. The highest BCUT2D eigenvalue weighted by Crippen LogP contribution is 2.10. The van der Waals surface area contributed by atoms with Gasteiger partial charge in [-0.15, -0.1) is 12.3 Å². The van der Waals surface area contributed by atoms with Crippen LogP contribution in [0.4, 0.5) is 0 Å². The standard InChI is InChI=1S/C18H35N/c1-3-5-7-9-10-11-12-13-14-16-18-19-17-15-8-6-4-2/h2,19H,3,5-18H2,1H3. The van der Waals surface area contributed by atoms with Gasteiger partial charge in [0.2, 0.25) is 0 Å². The van der Waals surface area contributed by atoms with Gasteiger partial charge in [-0.2, -0.15) is 0 Å². The van der Waals surface area contributed by atoms with E-state index in [2.05, 4.69) is 18.2 Å². The Labute approximate surface area is 121 Å². The number of unbranched alkanes of at least 4 members (excludes halogenated alkanes) is 11. The van der Waals surface area contributed by atoms with Crippen LogP contribution in [-0.2, 0) is 0 Å². The molecule has 1 nitrogen and oxygen atoms in total. The summed E-state index contributed by atoms with van der Waals surface area (Å²) >= 11 is 0. The number of hydrogen-bond acceptors (Lipinski definition) is 1. The zero-order valence-electron chi connectivity index (χ0n) is 13.2. The first-order valence-corrected chi connectivity index (χ1v) is 8.56. The van der Waals surface area contributed by atoms with Gasteiger partial charge in [0, 0.05) is 6.42 Å². The molecule has 0 bridgehead atoms. The molecule has 0 aliphatic rings. The number of terminal acetylenes is 1. The zero-order valence-corrected chi connectivity index (χ0v) is 13.2. The molecule has 0 fully saturated rings. The Hall–Kier alpha value is -0.480. The maximum absolute atomic E-state index is 5.21. The van der Waals surface area contributed by atoms with Crippen molar-refractivity contribution in [3.63, 3.8) is 0 Å². The Balaban J connectivity index is 2.90. The van der Waals surface area contributed by atoms with Crippen LogP contribution in [0.5, 0.6) is 0 Å². The first kappa shape index (κ1) is 18.5. The SMILES string of the molecule is C#CCCCCNCCCCCCCCCCCC. The Bertz CT molecular complexity index is 192. The van der Waals surface area contributed by atoms with E-state index in [0.717, 1.165) is 13.0 Å². The van der Waals surface area contributed by atoms with Crippen molar-refractivity contribution in [2.24, 2.45) is 0 Å². The lowest BCUT2D eigenvalue weighted by Crippen LogP contribution is -2.16. The van der Waals surface area contributed by atoms with Crippen LogP contribution in [0.2, 0.25) is 0 Å². The Morgan fingerprint density at radius 1 is 0.684 bits per heavy atom. The van der Waals surface area contributed by atoms with Crippen LogP contribution in [0, 0.1) is 12.3 Å². The highest BCUT2D eigenvalue weighted by Gasteiger charge is 1.93. The molecule has 0 saturated heterocycles. The van der Waals surface area contributed by atoms with Crippen molar-refractivity contribution in [1.29, 1.82) is 0 Å². The van der Waals surface area contributed by atoms with Gasteiger partial charge in [0.05, 0.1) is 0 Å². The summed E-state index contributed by atoms with van der Waals surface area (Å²) in [6, 6.07) is 0. The molecule has 0 aromatic rings.